The number of nitrogens with one attached hydrogen (secondary N) is 1. The fourth-order valence-corrected chi connectivity index (χ4v) is 3.34. The number of allylic oxidation sites excluding steroid dienone is 1. The number of hydrogen-bond acceptors (Lipinski definition) is 2. The van der Waals surface area contributed by atoms with Crippen LogP contribution in [0.1, 0.15) is 43.0 Å². The molecular formula is C26H28N2. The van der Waals surface area contributed by atoms with Crippen molar-refractivity contribution >= 4 is 28.8 Å². The zero-order valence-corrected chi connectivity index (χ0v) is 17.2. The zero-order chi connectivity index (χ0) is 19.9. The molecule has 0 amide bonds. The van der Waals surface area contributed by atoms with Crippen LogP contribution >= 0.6 is 0 Å². The summed E-state index contributed by atoms with van der Waals surface area (Å²) in [5.74, 6) is 0. The lowest BCUT2D eigenvalue weighted by atomic mass is 10.0. The molecule has 0 aromatic heterocycles. The van der Waals surface area contributed by atoms with E-state index in [1.54, 1.807) is 0 Å². The fourth-order valence-electron chi connectivity index (χ4n) is 3.34. The molecule has 0 aliphatic heterocycles. The standard InChI is InChI=1S/C26H28N2/c1-5-10-22-12-9-14-26(24(22)6-2)28-23-17-15-21(16-18-23)20(4)27-25-13-8-7-11-19(25)3/h5,7-18,28H,6H2,1-4H3/b10-5-,27-20+. The molecule has 0 aliphatic rings. The molecule has 0 unspecified atom stereocenters. The predicted molar refractivity (Wildman–Crippen MR) is 123 cm³/mol. The Morgan fingerprint density at radius 1 is 0.964 bits per heavy atom. The van der Waals surface area contributed by atoms with Gasteiger partial charge in [0.05, 0.1) is 5.69 Å². The molecule has 3 aromatic carbocycles. The van der Waals surface area contributed by atoms with E-state index in [2.05, 4.69) is 99.8 Å². The van der Waals surface area contributed by atoms with Crippen molar-refractivity contribution in [2.45, 2.75) is 34.1 Å². The van der Waals surface area contributed by atoms with Crippen LogP contribution in [0.15, 0.2) is 77.8 Å². The molecule has 1 N–H and O–H groups in total. The first-order valence-corrected chi connectivity index (χ1v) is 9.85. The first-order chi connectivity index (χ1) is 13.6. The van der Waals surface area contributed by atoms with E-state index >= 15 is 0 Å². The molecule has 3 rings (SSSR count). The maximum absolute atomic E-state index is 4.79. The molecule has 0 spiro atoms. The SMILES string of the molecule is C/C=C\c1cccc(Nc2ccc(/C(C)=N/c3ccccc3C)cc2)c1CC. The highest BCUT2D eigenvalue weighted by molar-refractivity contribution is 6.00. The second-order valence-corrected chi connectivity index (χ2v) is 6.91. The lowest BCUT2D eigenvalue weighted by molar-refractivity contribution is 1.13. The molecule has 0 atom stereocenters. The van der Waals surface area contributed by atoms with Crippen molar-refractivity contribution in [3.05, 3.63) is 95.1 Å². The molecule has 0 bridgehead atoms. The molecule has 3 aromatic rings. The summed E-state index contributed by atoms with van der Waals surface area (Å²) in [4.78, 5) is 4.79. The largest absolute Gasteiger partial charge is 0.355 e. The summed E-state index contributed by atoms with van der Waals surface area (Å²) in [6.07, 6.45) is 5.24. The minimum Gasteiger partial charge on any atom is -0.355 e. The number of hydrogen-bond donors (Lipinski definition) is 1. The molecule has 0 saturated heterocycles. The Morgan fingerprint density at radius 3 is 2.39 bits per heavy atom. The van der Waals surface area contributed by atoms with Crippen molar-refractivity contribution in [3.63, 3.8) is 0 Å². The number of benzene rings is 3. The molecule has 0 fully saturated rings. The van der Waals surface area contributed by atoms with Crippen LogP contribution in [0, 0.1) is 6.92 Å². The third-order valence-electron chi connectivity index (χ3n) is 4.90. The van der Waals surface area contributed by atoms with Crippen LogP contribution < -0.4 is 5.32 Å². The van der Waals surface area contributed by atoms with E-state index in [1.807, 2.05) is 12.1 Å². The van der Waals surface area contributed by atoms with Gasteiger partial charge in [0, 0.05) is 17.1 Å². The van der Waals surface area contributed by atoms with Gasteiger partial charge in [0.1, 0.15) is 0 Å². The van der Waals surface area contributed by atoms with Crippen LogP contribution in [0.4, 0.5) is 17.1 Å². The van der Waals surface area contributed by atoms with Gasteiger partial charge in [0.25, 0.3) is 0 Å². The van der Waals surface area contributed by atoms with Gasteiger partial charge in [-0.25, -0.2) is 0 Å². The topological polar surface area (TPSA) is 24.4 Å². The van der Waals surface area contributed by atoms with Crippen molar-refractivity contribution in [3.8, 4) is 0 Å². The summed E-state index contributed by atoms with van der Waals surface area (Å²) >= 11 is 0. The summed E-state index contributed by atoms with van der Waals surface area (Å²) in [6, 6.07) is 23.1. The Kier molecular flexibility index (Phi) is 6.44. The van der Waals surface area contributed by atoms with Crippen LogP contribution in [0.2, 0.25) is 0 Å². The average molecular weight is 369 g/mol. The van der Waals surface area contributed by atoms with E-state index in [4.69, 9.17) is 4.99 Å². The van der Waals surface area contributed by atoms with E-state index in [0.29, 0.717) is 0 Å². The first-order valence-electron chi connectivity index (χ1n) is 9.85. The van der Waals surface area contributed by atoms with Gasteiger partial charge in [-0.3, -0.25) is 4.99 Å². The van der Waals surface area contributed by atoms with Crippen molar-refractivity contribution in [1.82, 2.24) is 0 Å². The summed E-state index contributed by atoms with van der Waals surface area (Å²) < 4.78 is 0. The molecule has 2 nitrogen and oxygen atoms in total. The predicted octanol–water partition coefficient (Wildman–Crippen LogP) is 7.47. The Morgan fingerprint density at radius 2 is 1.71 bits per heavy atom. The Balaban J connectivity index is 1.82. The quantitative estimate of drug-likeness (QED) is 0.448. The number of anilines is 2. The normalized spacial score (nSPS) is 11.8. The number of aliphatic imine (C=N–C) groups is 1. The number of aryl methyl sites for hydroxylation is 1. The van der Waals surface area contributed by atoms with Crippen LogP contribution in [-0.2, 0) is 6.42 Å². The highest BCUT2D eigenvalue weighted by Gasteiger charge is 2.06. The minimum absolute atomic E-state index is 0.989. The molecule has 0 saturated carbocycles. The maximum atomic E-state index is 4.79. The zero-order valence-electron chi connectivity index (χ0n) is 17.2. The van der Waals surface area contributed by atoms with Gasteiger partial charge in [0.15, 0.2) is 0 Å². The van der Waals surface area contributed by atoms with Crippen molar-refractivity contribution in [2.75, 3.05) is 5.32 Å². The molecule has 0 heterocycles. The summed E-state index contributed by atoms with van der Waals surface area (Å²) in [5.41, 5.74) is 9.21. The van der Waals surface area contributed by atoms with Crippen molar-refractivity contribution < 1.29 is 0 Å². The van der Waals surface area contributed by atoms with Gasteiger partial charge in [-0.1, -0.05) is 61.5 Å². The molecule has 2 heteroatoms. The number of nitrogens with zero attached hydrogens (tertiary/aromatic N) is 1. The highest BCUT2D eigenvalue weighted by Crippen LogP contribution is 2.26. The van der Waals surface area contributed by atoms with E-state index in [1.165, 1.54) is 16.7 Å². The van der Waals surface area contributed by atoms with Crippen molar-refractivity contribution in [1.29, 1.82) is 0 Å². The molecule has 0 radical (unpaired) electrons. The van der Waals surface area contributed by atoms with E-state index < -0.39 is 0 Å². The van der Waals surface area contributed by atoms with Gasteiger partial charge >= 0.3 is 0 Å². The molecule has 28 heavy (non-hydrogen) atoms. The summed E-state index contributed by atoms with van der Waals surface area (Å²) in [7, 11) is 0. The molecular weight excluding hydrogens is 340 g/mol. The first kappa shape index (κ1) is 19.6. The number of para-hydroxylation sites is 1. The van der Waals surface area contributed by atoms with Gasteiger partial charge in [-0.2, -0.15) is 0 Å². The Labute approximate surface area is 168 Å². The lowest BCUT2D eigenvalue weighted by Gasteiger charge is -2.14. The third kappa shape index (κ3) is 4.58. The Bertz CT molecular complexity index is 995. The average Bonchev–Trinajstić information content (AvgIpc) is 2.71. The smallest absolute Gasteiger partial charge is 0.0662 e. The van der Waals surface area contributed by atoms with E-state index in [0.717, 1.165) is 34.8 Å². The van der Waals surface area contributed by atoms with Gasteiger partial charge in [0.2, 0.25) is 0 Å². The van der Waals surface area contributed by atoms with Crippen LogP contribution in [0.25, 0.3) is 6.08 Å². The highest BCUT2D eigenvalue weighted by atomic mass is 14.9. The summed E-state index contributed by atoms with van der Waals surface area (Å²) in [5, 5.41) is 3.57. The summed E-state index contributed by atoms with van der Waals surface area (Å²) in [6.45, 7) is 8.40. The molecule has 142 valence electrons. The molecule has 0 aliphatic carbocycles. The van der Waals surface area contributed by atoms with E-state index in [9.17, 15) is 0 Å². The van der Waals surface area contributed by atoms with E-state index in [-0.39, 0.29) is 0 Å². The maximum Gasteiger partial charge on any atom is 0.0662 e. The second kappa shape index (κ2) is 9.18. The fraction of sp³-hybridized carbons (Fsp3) is 0.192. The monoisotopic (exact) mass is 368 g/mol. The van der Waals surface area contributed by atoms with Gasteiger partial charge in [-0.05, 0) is 73.7 Å². The lowest BCUT2D eigenvalue weighted by Crippen LogP contribution is -1.99. The van der Waals surface area contributed by atoms with Gasteiger partial charge < -0.3 is 5.32 Å². The Hall–Kier alpha value is -3.13. The van der Waals surface area contributed by atoms with Crippen LogP contribution in [0.3, 0.4) is 0 Å². The second-order valence-electron chi connectivity index (χ2n) is 6.91. The third-order valence-corrected chi connectivity index (χ3v) is 4.90. The minimum atomic E-state index is 0.989. The van der Waals surface area contributed by atoms with Crippen LogP contribution in [-0.4, -0.2) is 5.71 Å². The van der Waals surface area contributed by atoms with Gasteiger partial charge in [-0.15, -0.1) is 0 Å². The van der Waals surface area contributed by atoms with Crippen molar-refractivity contribution in [2.24, 2.45) is 4.99 Å². The van der Waals surface area contributed by atoms with Crippen LogP contribution in [0.5, 0.6) is 0 Å². The number of rotatable bonds is 6.